The van der Waals surface area contributed by atoms with Crippen LogP contribution in [-0.4, -0.2) is 41.9 Å². The first-order valence-corrected chi connectivity index (χ1v) is 12.8. The molecule has 0 unspecified atom stereocenters. The number of nitrogens with zero attached hydrogens (tertiary/aromatic N) is 3. The summed E-state index contributed by atoms with van der Waals surface area (Å²) in [6, 6.07) is 8.20. The molecule has 0 spiro atoms. The van der Waals surface area contributed by atoms with Crippen molar-refractivity contribution in [3.63, 3.8) is 0 Å². The Morgan fingerprint density at radius 1 is 1.23 bits per heavy atom. The molecule has 1 aromatic carbocycles. The predicted molar refractivity (Wildman–Crippen MR) is 123 cm³/mol. The normalized spacial score (nSPS) is 14.6. The summed E-state index contributed by atoms with van der Waals surface area (Å²) in [6.07, 6.45) is 4.62. The van der Waals surface area contributed by atoms with E-state index in [1.807, 2.05) is 17.2 Å². The van der Waals surface area contributed by atoms with E-state index in [-0.39, 0.29) is 17.3 Å². The number of hydrogen-bond donors (Lipinski definition) is 1. The Bertz CT molecular complexity index is 1200. The average Bonchev–Trinajstić information content (AvgIpc) is 3.37. The highest BCUT2D eigenvalue weighted by Crippen LogP contribution is 2.30. The number of hydrogen-bond acceptors (Lipinski definition) is 5. The Labute approximate surface area is 190 Å². The molecule has 1 aliphatic heterocycles. The van der Waals surface area contributed by atoms with Gasteiger partial charge in [-0.05, 0) is 44.4 Å². The molecule has 0 saturated carbocycles. The molecule has 10 heteroatoms. The van der Waals surface area contributed by atoms with Crippen LogP contribution >= 0.6 is 22.9 Å². The first-order valence-electron chi connectivity index (χ1n) is 10.0. The highest BCUT2D eigenvalue weighted by atomic mass is 35.5. The van der Waals surface area contributed by atoms with Gasteiger partial charge in [0.1, 0.15) is 16.4 Å². The van der Waals surface area contributed by atoms with Crippen molar-refractivity contribution in [3.05, 3.63) is 52.6 Å². The number of nitrogens with one attached hydrogen (secondary N) is 1. The molecule has 7 nitrogen and oxygen atoms in total. The fourth-order valence-electron chi connectivity index (χ4n) is 3.55. The van der Waals surface area contributed by atoms with E-state index in [0.717, 1.165) is 38.0 Å². The maximum Gasteiger partial charge on any atom is 0.263 e. The van der Waals surface area contributed by atoms with Crippen LogP contribution in [0.4, 0.5) is 5.69 Å². The van der Waals surface area contributed by atoms with Crippen molar-refractivity contribution in [2.45, 2.75) is 37.6 Å². The summed E-state index contributed by atoms with van der Waals surface area (Å²) in [5.74, 6) is -0.0205. The Morgan fingerprint density at radius 2 is 1.97 bits per heavy atom. The summed E-state index contributed by atoms with van der Waals surface area (Å²) in [5.41, 5.74) is 1.74. The third-order valence-corrected chi connectivity index (χ3v) is 7.80. The third kappa shape index (κ3) is 4.94. The lowest BCUT2D eigenvalue weighted by Gasteiger charge is -2.27. The van der Waals surface area contributed by atoms with E-state index in [1.165, 1.54) is 17.5 Å². The number of carbonyl (C=O) groups excluding carboxylic acids is 1. The van der Waals surface area contributed by atoms with E-state index in [2.05, 4.69) is 9.71 Å². The van der Waals surface area contributed by atoms with Gasteiger partial charge in [-0.2, -0.15) is 0 Å². The van der Waals surface area contributed by atoms with E-state index in [1.54, 1.807) is 34.9 Å². The van der Waals surface area contributed by atoms with Gasteiger partial charge in [-0.3, -0.25) is 9.52 Å². The fraction of sp³-hybridized carbons (Fsp3) is 0.333. The number of para-hydroxylation sites is 1. The van der Waals surface area contributed by atoms with Crippen LogP contribution in [0, 0.1) is 6.92 Å². The monoisotopic (exact) mass is 478 g/mol. The topological polar surface area (TPSA) is 84.3 Å². The summed E-state index contributed by atoms with van der Waals surface area (Å²) in [4.78, 5) is 19.2. The van der Waals surface area contributed by atoms with Crippen molar-refractivity contribution in [2.24, 2.45) is 0 Å². The van der Waals surface area contributed by atoms with Gasteiger partial charge < -0.3 is 9.47 Å². The predicted octanol–water partition coefficient (Wildman–Crippen LogP) is 4.39. The average molecular weight is 479 g/mol. The van der Waals surface area contributed by atoms with Crippen molar-refractivity contribution in [3.8, 4) is 10.7 Å². The highest BCUT2D eigenvalue weighted by Gasteiger charge is 2.24. The lowest BCUT2D eigenvalue weighted by Crippen LogP contribution is -2.37. The molecule has 1 amide bonds. The zero-order chi connectivity index (χ0) is 22.0. The highest BCUT2D eigenvalue weighted by molar-refractivity contribution is 7.92. The maximum absolute atomic E-state index is 13.0. The van der Waals surface area contributed by atoms with Crippen LogP contribution in [-0.2, 0) is 21.4 Å². The number of aromatic nitrogens is 2. The number of piperidine rings is 1. The van der Waals surface area contributed by atoms with E-state index >= 15 is 0 Å². The van der Waals surface area contributed by atoms with Crippen LogP contribution in [0.25, 0.3) is 10.7 Å². The molecule has 2 aromatic heterocycles. The molecule has 1 aliphatic rings. The van der Waals surface area contributed by atoms with Crippen molar-refractivity contribution in [2.75, 3.05) is 17.8 Å². The van der Waals surface area contributed by atoms with Gasteiger partial charge in [0.25, 0.3) is 10.0 Å². The third-order valence-electron chi connectivity index (χ3n) is 5.15. The van der Waals surface area contributed by atoms with Gasteiger partial charge in [0.2, 0.25) is 5.91 Å². The largest absolute Gasteiger partial charge is 0.341 e. The number of amides is 1. The number of benzene rings is 1. The fourth-order valence-corrected chi connectivity index (χ4v) is 5.73. The molecule has 1 saturated heterocycles. The number of rotatable bonds is 6. The minimum absolute atomic E-state index is 0.0205. The minimum Gasteiger partial charge on any atom is -0.341 e. The Morgan fingerprint density at radius 3 is 2.65 bits per heavy atom. The minimum atomic E-state index is -3.90. The van der Waals surface area contributed by atoms with Gasteiger partial charge in [-0.15, -0.1) is 11.3 Å². The number of anilines is 1. The zero-order valence-electron chi connectivity index (χ0n) is 17.0. The van der Waals surface area contributed by atoms with Crippen LogP contribution in [0.3, 0.4) is 0 Å². The lowest BCUT2D eigenvalue weighted by atomic mass is 10.1. The number of thiazole rings is 1. The summed E-state index contributed by atoms with van der Waals surface area (Å²) in [7, 11) is -3.90. The molecule has 4 rings (SSSR count). The van der Waals surface area contributed by atoms with Crippen LogP contribution < -0.4 is 4.72 Å². The lowest BCUT2D eigenvalue weighted by molar-refractivity contribution is -0.132. The van der Waals surface area contributed by atoms with E-state index in [4.69, 9.17) is 11.6 Å². The molecule has 0 atom stereocenters. The quantitative estimate of drug-likeness (QED) is 0.569. The number of halogens is 1. The van der Waals surface area contributed by atoms with Gasteiger partial charge >= 0.3 is 0 Å². The van der Waals surface area contributed by atoms with E-state index in [9.17, 15) is 13.2 Å². The van der Waals surface area contributed by atoms with Gasteiger partial charge in [0.15, 0.2) is 0 Å². The molecule has 164 valence electrons. The molecule has 0 bridgehead atoms. The summed E-state index contributed by atoms with van der Waals surface area (Å²) < 4.78 is 30.3. The summed E-state index contributed by atoms with van der Waals surface area (Å²) in [6.45, 7) is 3.42. The number of carbonyl (C=O) groups is 1. The standard InChI is InChI=1S/C21H23ClN4O3S2/c1-15-14-30-21(23-15)19-11-16(31(28,29)24-18-8-4-3-7-17(18)22)12-26(19)13-20(27)25-9-5-2-6-10-25/h3-4,7-8,11-12,14,24H,2,5-6,9-10,13H2,1H3. The van der Waals surface area contributed by atoms with Crippen LogP contribution in [0.15, 0.2) is 46.8 Å². The van der Waals surface area contributed by atoms with Gasteiger partial charge in [-0.1, -0.05) is 23.7 Å². The van der Waals surface area contributed by atoms with E-state index in [0.29, 0.717) is 21.4 Å². The molecule has 1 N–H and O–H groups in total. The molecule has 3 heterocycles. The van der Waals surface area contributed by atoms with Crippen LogP contribution in [0.1, 0.15) is 25.0 Å². The summed E-state index contributed by atoms with van der Waals surface area (Å²) in [5, 5.41) is 2.87. The van der Waals surface area contributed by atoms with Gasteiger partial charge in [-0.25, -0.2) is 13.4 Å². The molecule has 0 aliphatic carbocycles. The second-order valence-corrected chi connectivity index (χ2v) is 10.5. The Balaban J connectivity index is 1.67. The van der Waals surface area contributed by atoms with Gasteiger partial charge in [0, 0.05) is 30.4 Å². The number of likely N-dealkylation sites (tertiary alicyclic amines) is 1. The van der Waals surface area contributed by atoms with E-state index < -0.39 is 10.0 Å². The van der Waals surface area contributed by atoms with Crippen molar-refractivity contribution in [1.29, 1.82) is 0 Å². The molecule has 0 radical (unpaired) electrons. The SMILES string of the molecule is Cc1csc(-c2cc(S(=O)(=O)Nc3ccccc3Cl)cn2CC(=O)N2CCCCC2)n1. The van der Waals surface area contributed by atoms with Crippen molar-refractivity contribution >= 4 is 44.6 Å². The van der Waals surface area contributed by atoms with Crippen molar-refractivity contribution in [1.82, 2.24) is 14.5 Å². The molecule has 31 heavy (non-hydrogen) atoms. The van der Waals surface area contributed by atoms with Crippen LogP contribution in [0.2, 0.25) is 5.02 Å². The molecule has 3 aromatic rings. The smallest absolute Gasteiger partial charge is 0.263 e. The van der Waals surface area contributed by atoms with Crippen molar-refractivity contribution < 1.29 is 13.2 Å². The van der Waals surface area contributed by atoms with Crippen LogP contribution in [0.5, 0.6) is 0 Å². The molecular formula is C21H23ClN4O3S2. The maximum atomic E-state index is 13.0. The van der Waals surface area contributed by atoms with Gasteiger partial charge in [0.05, 0.1) is 16.4 Å². The molecular weight excluding hydrogens is 456 g/mol. The summed E-state index contributed by atoms with van der Waals surface area (Å²) >= 11 is 7.53. The first-order chi connectivity index (χ1) is 14.8. The Hall–Kier alpha value is -2.36. The Kier molecular flexibility index (Phi) is 6.36. The first kappa shape index (κ1) is 21.9. The molecule has 1 fully saturated rings. The second-order valence-electron chi connectivity index (χ2n) is 7.51. The number of sulfonamides is 1. The second kappa shape index (κ2) is 9.02. The number of aryl methyl sites for hydroxylation is 1. The zero-order valence-corrected chi connectivity index (χ0v) is 19.4.